The Hall–Kier alpha value is -1.27. The molecule has 0 radical (unpaired) electrons. The third-order valence-electron chi connectivity index (χ3n) is 2.64. The van der Waals surface area contributed by atoms with E-state index in [-0.39, 0.29) is 6.61 Å². The first kappa shape index (κ1) is 17.8. The standard InChI is InChI=1S/C15H22BrNO4/c1-5-20-14(18)9-21-15-12(16)6-11(7-13(15)19-4)8-17-10(2)3/h6-7,10,17H,5,8-9H2,1-4H3. The zero-order valence-corrected chi connectivity index (χ0v) is 14.5. The van der Waals surface area contributed by atoms with E-state index in [1.54, 1.807) is 14.0 Å². The van der Waals surface area contributed by atoms with Crippen LogP contribution in [0.15, 0.2) is 16.6 Å². The molecule has 0 aromatic heterocycles. The molecule has 0 fully saturated rings. The van der Waals surface area contributed by atoms with Crippen LogP contribution in [0, 0.1) is 0 Å². The van der Waals surface area contributed by atoms with E-state index in [4.69, 9.17) is 14.2 Å². The first-order chi connectivity index (χ1) is 9.97. The minimum absolute atomic E-state index is 0.146. The minimum atomic E-state index is -0.406. The number of methoxy groups -OCH3 is 1. The Balaban J connectivity index is 2.82. The van der Waals surface area contributed by atoms with Gasteiger partial charge in [0.25, 0.3) is 0 Å². The van der Waals surface area contributed by atoms with Crippen LogP contribution in [0.5, 0.6) is 11.5 Å². The highest BCUT2D eigenvalue weighted by molar-refractivity contribution is 9.10. The summed E-state index contributed by atoms with van der Waals surface area (Å²) in [6.07, 6.45) is 0. The zero-order chi connectivity index (χ0) is 15.8. The van der Waals surface area contributed by atoms with Crippen molar-refractivity contribution < 1.29 is 19.0 Å². The van der Waals surface area contributed by atoms with Gasteiger partial charge in [-0.2, -0.15) is 0 Å². The van der Waals surface area contributed by atoms with Crippen LogP contribution >= 0.6 is 15.9 Å². The lowest BCUT2D eigenvalue weighted by molar-refractivity contribution is -0.145. The number of carbonyl (C=O) groups excluding carboxylic acids is 1. The van der Waals surface area contributed by atoms with Crippen LogP contribution in [0.1, 0.15) is 26.3 Å². The van der Waals surface area contributed by atoms with Crippen molar-refractivity contribution in [2.75, 3.05) is 20.3 Å². The largest absolute Gasteiger partial charge is 0.493 e. The van der Waals surface area contributed by atoms with Gasteiger partial charge in [0.2, 0.25) is 0 Å². The number of rotatable bonds is 8. The molecule has 0 bridgehead atoms. The lowest BCUT2D eigenvalue weighted by Gasteiger charge is -2.15. The molecule has 1 aromatic rings. The summed E-state index contributed by atoms with van der Waals surface area (Å²) in [5, 5.41) is 3.34. The van der Waals surface area contributed by atoms with Gasteiger partial charge in [-0.05, 0) is 40.5 Å². The maximum absolute atomic E-state index is 11.4. The van der Waals surface area contributed by atoms with Crippen molar-refractivity contribution in [1.82, 2.24) is 5.32 Å². The summed E-state index contributed by atoms with van der Waals surface area (Å²) in [7, 11) is 1.57. The normalized spacial score (nSPS) is 10.6. The number of hydrogen-bond donors (Lipinski definition) is 1. The van der Waals surface area contributed by atoms with E-state index in [0.717, 1.165) is 16.6 Å². The summed E-state index contributed by atoms with van der Waals surface area (Å²) in [4.78, 5) is 11.4. The van der Waals surface area contributed by atoms with E-state index in [1.807, 2.05) is 12.1 Å². The molecular weight excluding hydrogens is 338 g/mol. The van der Waals surface area contributed by atoms with Gasteiger partial charge in [0.15, 0.2) is 18.1 Å². The molecule has 6 heteroatoms. The van der Waals surface area contributed by atoms with Gasteiger partial charge in [-0.1, -0.05) is 13.8 Å². The fourth-order valence-corrected chi connectivity index (χ4v) is 2.27. The van der Waals surface area contributed by atoms with Gasteiger partial charge >= 0.3 is 5.97 Å². The van der Waals surface area contributed by atoms with Gasteiger partial charge in [0.05, 0.1) is 18.2 Å². The molecule has 0 saturated carbocycles. The molecule has 0 atom stereocenters. The number of esters is 1. The summed E-state index contributed by atoms with van der Waals surface area (Å²) < 4.78 is 16.4. The molecule has 1 rings (SSSR count). The van der Waals surface area contributed by atoms with E-state index in [9.17, 15) is 4.79 Å². The number of carbonyl (C=O) groups is 1. The van der Waals surface area contributed by atoms with Crippen LogP contribution in [0.3, 0.4) is 0 Å². The third-order valence-corrected chi connectivity index (χ3v) is 3.23. The molecule has 118 valence electrons. The lowest BCUT2D eigenvalue weighted by atomic mass is 10.2. The van der Waals surface area contributed by atoms with Crippen molar-refractivity contribution in [2.45, 2.75) is 33.4 Å². The van der Waals surface area contributed by atoms with Crippen LogP contribution < -0.4 is 14.8 Å². The maximum atomic E-state index is 11.4. The molecule has 0 amide bonds. The fraction of sp³-hybridized carbons (Fsp3) is 0.533. The number of hydrogen-bond acceptors (Lipinski definition) is 5. The van der Waals surface area contributed by atoms with Crippen LogP contribution in [0.4, 0.5) is 0 Å². The quantitative estimate of drug-likeness (QED) is 0.723. The monoisotopic (exact) mass is 359 g/mol. The number of ether oxygens (including phenoxy) is 3. The predicted octanol–water partition coefficient (Wildman–Crippen LogP) is 2.90. The number of benzene rings is 1. The van der Waals surface area contributed by atoms with Crippen molar-refractivity contribution >= 4 is 21.9 Å². The van der Waals surface area contributed by atoms with Crippen molar-refractivity contribution in [3.05, 3.63) is 22.2 Å². The fourth-order valence-electron chi connectivity index (χ4n) is 1.67. The molecule has 0 saturated heterocycles. The van der Waals surface area contributed by atoms with Crippen LogP contribution in [0.25, 0.3) is 0 Å². The summed E-state index contributed by atoms with van der Waals surface area (Å²) in [5.74, 6) is 0.671. The highest BCUT2D eigenvalue weighted by Gasteiger charge is 2.14. The minimum Gasteiger partial charge on any atom is -0.493 e. The summed E-state index contributed by atoms with van der Waals surface area (Å²) in [6.45, 7) is 6.84. The molecule has 0 spiro atoms. The van der Waals surface area contributed by atoms with Crippen LogP contribution in [0.2, 0.25) is 0 Å². The van der Waals surface area contributed by atoms with Gasteiger partial charge in [0.1, 0.15) is 0 Å². The van der Waals surface area contributed by atoms with Crippen molar-refractivity contribution in [3.63, 3.8) is 0 Å². The van der Waals surface area contributed by atoms with Crippen LogP contribution in [-0.2, 0) is 16.1 Å². The summed E-state index contributed by atoms with van der Waals surface area (Å²) in [6, 6.07) is 4.23. The Morgan fingerprint density at radius 3 is 2.67 bits per heavy atom. The SMILES string of the molecule is CCOC(=O)COc1c(Br)cc(CNC(C)C)cc1OC. The van der Waals surface area contributed by atoms with Gasteiger partial charge < -0.3 is 19.5 Å². The molecule has 5 nitrogen and oxygen atoms in total. The Kier molecular flexibility index (Phi) is 7.53. The molecule has 0 aliphatic rings. The third kappa shape index (κ3) is 5.93. The second-order valence-electron chi connectivity index (χ2n) is 4.74. The molecule has 1 N–H and O–H groups in total. The molecule has 0 aliphatic heterocycles. The zero-order valence-electron chi connectivity index (χ0n) is 12.9. The molecule has 0 aliphatic carbocycles. The van der Waals surface area contributed by atoms with E-state index in [0.29, 0.717) is 24.1 Å². The first-order valence-electron chi connectivity index (χ1n) is 6.86. The Morgan fingerprint density at radius 1 is 1.38 bits per heavy atom. The summed E-state index contributed by atoms with van der Waals surface area (Å²) >= 11 is 3.45. The highest BCUT2D eigenvalue weighted by atomic mass is 79.9. The Morgan fingerprint density at radius 2 is 2.10 bits per heavy atom. The molecule has 1 aromatic carbocycles. The van der Waals surface area contributed by atoms with Gasteiger partial charge in [0, 0.05) is 12.6 Å². The van der Waals surface area contributed by atoms with E-state index >= 15 is 0 Å². The average molecular weight is 360 g/mol. The number of halogens is 1. The molecule has 0 heterocycles. The van der Waals surface area contributed by atoms with Crippen molar-refractivity contribution in [2.24, 2.45) is 0 Å². The Bertz CT molecular complexity index is 477. The Labute approximate surface area is 134 Å². The van der Waals surface area contributed by atoms with Gasteiger partial charge in [-0.25, -0.2) is 4.79 Å². The van der Waals surface area contributed by atoms with Gasteiger partial charge in [-0.15, -0.1) is 0 Å². The lowest BCUT2D eigenvalue weighted by Crippen LogP contribution is -2.21. The number of nitrogens with one attached hydrogen (secondary N) is 1. The topological polar surface area (TPSA) is 56.8 Å². The molecular formula is C15H22BrNO4. The van der Waals surface area contributed by atoms with Crippen molar-refractivity contribution in [1.29, 1.82) is 0 Å². The molecule has 21 heavy (non-hydrogen) atoms. The smallest absolute Gasteiger partial charge is 0.344 e. The maximum Gasteiger partial charge on any atom is 0.344 e. The second-order valence-corrected chi connectivity index (χ2v) is 5.59. The van der Waals surface area contributed by atoms with Crippen LogP contribution in [-0.4, -0.2) is 32.3 Å². The first-order valence-corrected chi connectivity index (χ1v) is 7.65. The predicted molar refractivity (Wildman–Crippen MR) is 84.8 cm³/mol. The van der Waals surface area contributed by atoms with E-state index in [1.165, 1.54) is 0 Å². The molecule has 0 unspecified atom stereocenters. The summed E-state index contributed by atoms with van der Waals surface area (Å²) in [5.41, 5.74) is 1.07. The highest BCUT2D eigenvalue weighted by Crippen LogP contribution is 2.36. The average Bonchev–Trinajstić information content (AvgIpc) is 2.43. The second kappa shape index (κ2) is 8.89. The van der Waals surface area contributed by atoms with E-state index in [2.05, 4.69) is 35.1 Å². The van der Waals surface area contributed by atoms with E-state index < -0.39 is 5.97 Å². The van der Waals surface area contributed by atoms with Gasteiger partial charge in [-0.3, -0.25) is 0 Å². The van der Waals surface area contributed by atoms with Crippen molar-refractivity contribution in [3.8, 4) is 11.5 Å².